The Morgan fingerprint density at radius 1 is 0.292 bits per heavy atom. The first-order valence-electron chi connectivity index (χ1n) is 43.7. The standard InChI is InChI=1S/C112H108S/c1-109(2)99-21-13-9-17-84(99)88-51-45-79(61-103(88)109)69-29-25-67(26-30-69)77-49-55-92-95(59-77)96-60-78(68-27-31-70(32-28-68)80-46-52-89-85-18-10-14-22-100(85)110(3,4)104(89)62-80)50-56-93(96)108(92)76-43-37-73(38-44-76)83-57-58-94(98-66-113-65-97(83)98)107(74-39-33-71(34-40-74)81-47-53-90-86-19-11-15-23-101(86)111(5,6)105(90)63-81)75-41-35-72(36-42-75)82-48-54-91-87-20-12-16-24-102(87)112(7,8)106(91)64-82/h9-34,39-40,45-56,59-64,72-73,75-76,83,92-98,107-108H,35-38,41-44,57-58,65-66H2,1-8H3. The van der Waals surface area contributed by atoms with Gasteiger partial charge in [0.15, 0.2) is 0 Å². The molecule has 113 heavy (non-hydrogen) atoms. The predicted molar refractivity (Wildman–Crippen MR) is 477 cm³/mol. The van der Waals surface area contributed by atoms with Crippen LogP contribution in [-0.4, -0.2) is 11.5 Å². The van der Waals surface area contributed by atoms with Crippen molar-refractivity contribution in [3.63, 3.8) is 0 Å². The normalized spacial score (nSPS) is 27.7. The Labute approximate surface area is 677 Å². The Hall–Kier alpha value is -9.27. The first-order chi connectivity index (χ1) is 55.0. The number of hydrogen-bond acceptors (Lipinski definition) is 1. The number of thioether (sulfide) groups is 1. The van der Waals surface area contributed by atoms with E-state index in [1.165, 1.54) is 220 Å². The summed E-state index contributed by atoms with van der Waals surface area (Å²) >= 11 is 2.34. The molecule has 562 valence electrons. The fourth-order valence-corrected chi connectivity index (χ4v) is 28.1. The van der Waals surface area contributed by atoms with Gasteiger partial charge in [-0.3, -0.25) is 0 Å². The Balaban J connectivity index is 0.531. The second-order valence-electron chi connectivity index (χ2n) is 39.0. The quantitative estimate of drug-likeness (QED) is 0.124. The van der Waals surface area contributed by atoms with Crippen LogP contribution in [0.25, 0.3) is 89.0 Å². The zero-order valence-electron chi connectivity index (χ0n) is 67.5. The fraction of sp³-hybridized carbons (Fsp3) is 0.339. The Morgan fingerprint density at radius 2 is 0.655 bits per heavy atom. The summed E-state index contributed by atoms with van der Waals surface area (Å²) in [5.74, 6) is 12.0. The molecule has 0 radical (unpaired) electrons. The first-order valence-corrected chi connectivity index (χ1v) is 44.8. The topological polar surface area (TPSA) is 0 Å². The average Bonchev–Trinajstić information content (AvgIpc) is 1.61. The van der Waals surface area contributed by atoms with Crippen molar-refractivity contribution in [3.05, 3.63) is 346 Å². The highest BCUT2D eigenvalue weighted by Gasteiger charge is 2.54. The van der Waals surface area contributed by atoms with E-state index in [4.69, 9.17) is 0 Å². The van der Waals surface area contributed by atoms with E-state index in [1.54, 1.807) is 11.1 Å². The molecule has 9 unspecified atom stereocenters. The minimum absolute atomic E-state index is 0.0180. The summed E-state index contributed by atoms with van der Waals surface area (Å²) in [6.45, 7) is 19.4. The maximum absolute atomic E-state index is 2.76. The lowest BCUT2D eigenvalue weighted by molar-refractivity contribution is 0.0304. The van der Waals surface area contributed by atoms with E-state index in [1.807, 2.05) is 0 Å². The van der Waals surface area contributed by atoms with E-state index in [-0.39, 0.29) is 21.7 Å². The van der Waals surface area contributed by atoms with Gasteiger partial charge in [-0.2, -0.15) is 11.8 Å². The summed E-state index contributed by atoms with van der Waals surface area (Å²) in [6, 6.07) is 95.4. The van der Waals surface area contributed by atoms with Crippen LogP contribution in [0.5, 0.6) is 0 Å². The summed E-state index contributed by atoms with van der Waals surface area (Å²) in [5, 5.41) is 0. The van der Waals surface area contributed by atoms with Gasteiger partial charge in [-0.15, -0.1) is 0 Å². The predicted octanol–water partition coefficient (Wildman–Crippen LogP) is 29.2. The Morgan fingerprint density at radius 3 is 1.10 bits per heavy atom. The van der Waals surface area contributed by atoms with Gasteiger partial charge < -0.3 is 0 Å². The van der Waals surface area contributed by atoms with Gasteiger partial charge in [0, 0.05) is 21.7 Å². The van der Waals surface area contributed by atoms with Gasteiger partial charge >= 0.3 is 0 Å². The van der Waals surface area contributed by atoms with Crippen molar-refractivity contribution in [2.45, 2.75) is 153 Å². The average molecular weight is 1490 g/mol. The molecule has 1 heteroatoms. The van der Waals surface area contributed by atoms with Gasteiger partial charge in [0.25, 0.3) is 0 Å². The summed E-state index contributed by atoms with van der Waals surface area (Å²) < 4.78 is 0. The van der Waals surface area contributed by atoms with Gasteiger partial charge in [-0.25, -0.2) is 0 Å². The van der Waals surface area contributed by atoms with Crippen molar-refractivity contribution < 1.29 is 0 Å². The molecule has 1 saturated heterocycles. The molecule has 5 fully saturated rings. The molecule has 22 rings (SSSR count). The molecule has 9 atom stereocenters. The molecule has 0 bridgehead atoms. The van der Waals surface area contributed by atoms with Crippen molar-refractivity contribution in [2.75, 3.05) is 11.5 Å². The molecule has 4 saturated carbocycles. The molecule has 0 aromatic heterocycles. The van der Waals surface area contributed by atoms with Gasteiger partial charge in [0.05, 0.1) is 0 Å². The third kappa shape index (κ3) is 11.2. The second-order valence-corrected chi connectivity index (χ2v) is 40.1. The van der Waals surface area contributed by atoms with Crippen LogP contribution < -0.4 is 0 Å². The lowest BCUT2D eigenvalue weighted by atomic mass is 9.55. The van der Waals surface area contributed by atoms with Crippen molar-refractivity contribution in [2.24, 2.45) is 71.0 Å². The molecule has 10 aliphatic carbocycles. The second kappa shape index (κ2) is 26.7. The smallest absolute Gasteiger partial charge is 0.0159 e. The van der Waals surface area contributed by atoms with Gasteiger partial charge in [-0.1, -0.05) is 316 Å². The molecule has 0 N–H and O–H groups in total. The molecule has 0 nitrogen and oxygen atoms in total. The van der Waals surface area contributed by atoms with Crippen LogP contribution in [0.4, 0.5) is 0 Å². The van der Waals surface area contributed by atoms with Crippen LogP contribution in [0.1, 0.15) is 198 Å². The van der Waals surface area contributed by atoms with Crippen molar-refractivity contribution in [1.29, 1.82) is 0 Å². The zero-order valence-corrected chi connectivity index (χ0v) is 68.4. The van der Waals surface area contributed by atoms with Crippen LogP contribution in [0.2, 0.25) is 0 Å². The monoisotopic (exact) mass is 1480 g/mol. The van der Waals surface area contributed by atoms with Gasteiger partial charge in [0.1, 0.15) is 0 Å². The summed E-state index contributed by atoms with van der Waals surface area (Å²) in [4.78, 5) is 0. The Kier molecular flexibility index (Phi) is 16.6. The lowest BCUT2D eigenvalue weighted by Crippen LogP contribution is -2.42. The van der Waals surface area contributed by atoms with Crippen LogP contribution in [0, 0.1) is 71.0 Å². The number of fused-ring (bicyclic) bond motifs is 16. The highest BCUT2D eigenvalue weighted by molar-refractivity contribution is 7.99. The van der Waals surface area contributed by atoms with E-state index < -0.39 is 0 Å². The van der Waals surface area contributed by atoms with Crippen molar-refractivity contribution >= 4 is 22.9 Å². The molecule has 11 aromatic rings. The molecule has 0 spiro atoms. The van der Waals surface area contributed by atoms with E-state index in [2.05, 4.69) is 346 Å². The first kappa shape index (κ1) is 70.4. The van der Waals surface area contributed by atoms with Crippen LogP contribution in [0.15, 0.2) is 279 Å². The lowest BCUT2D eigenvalue weighted by Gasteiger charge is -2.49. The molecule has 11 aromatic carbocycles. The van der Waals surface area contributed by atoms with Crippen LogP contribution in [-0.2, 0) is 21.7 Å². The summed E-state index contributed by atoms with van der Waals surface area (Å²) in [6.07, 6.45) is 29.7. The van der Waals surface area contributed by atoms with Crippen LogP contribution in [0.3, 0.4) is 0 Å². The molecule has 0 amide bonds. The maximum Gasteiger partial charge on any atom is 0.0159 e. The molecule has 1 aliphatic heterocycles. The Bertz CT molecular complexity index is 5570. The van der Waals surface area contributed by atoms with E-state index in [0.29, 0.717) is 47.3 Å². The van der Waals surface area contributed by atoms with E-state index in [9.17, 15) is 0 Å². The molecule has 11 aliphatic rings. The molecular formula is C112H108S. The van der Waals surface area contributed by atoms with E-state index >= 15 is 0 Å². The summed E-state index contributed by atoms with van der Waals surface area (Å²) in [5.41, 5.74) is 39.4. The number of hydrogen-bond donors (Lipinski definition) is 0. The summed E-state index contributed by atoms with van der Waals surface area (Å²) in [7, 11) is 0. The molecule has 1 heterocycles. The largest absolute Gasteiger partial charge is 0.161 e. The number of allylic oxidation sites excluding steroid dienone is 8. The highest BCUT2D eigenvalue weighted by Crippen LogP contribution is 2.63. The van der Waals surface area contributed by atoms with E-state index in [0.717, 1.165) is 35.5 Å². The van der Waals surface area contributed by atoms with Gasteiger partial charge in [-0.05, 0) is 333 Å². The SMILES string of the molecule is CC1(C)c2ccccc2-c2ccc(-c3ccc(C4=CC5C6C=C(c7ccc(-c8ccc9c(c8)C(C)(C)c8ccccc8-9)cc7)C=CC6C(C6CCC(C7CCC(C(c8ccc(-c9ccc%10c(c9)C(C)(C)c9ccccc9-%10)cc8)C8CCC(c9ccc%10c(c9)C(C)(C)c9ccccc9-%10)CC8)C8CSCC78)CC6)C5C=C4)cc3)cc21. The fourth-order valence-electron chi connectivity index (χ4n) is 26.4. The minimum atomic E-state index is -0.0270. The highest BCUT2D eigenvalue weighted by atomic mass is 32.2. The third-order valence-electron chi connectivity index (χ3n) is 32.3. The van der Waals surface area contributed by atoms with Crippen LogP contribution >= 0.6 is 11.8 Å². The molecular weight excluding hydrogens is 1380 g/mol. The van der Waals surface area contributed by atoms with Gasteiger partial charge in [0.2, 0.25) is 0 Å². The van der Waals surface area contributed by atoms with Crippen molar-refractivity contribution in [1.82, 2.24) is 0 Å². The zero-order chi connectivity index (χ0) is 76.0. The maximum atomic E-state index is 2.76. The third-order valence-corrected chi connectivity index (χ3v) is 33.6. The number of rotatable bonds is 11. The number of benzene rings is 11. The van der Waals surface area contributed by atoms with Crippen molar-refractivity contribution in [3.8, 4) is 77.9 Å². The minimum Gasteiger partial charge on any atom is -0.161 e.